The molecule has 0 aromatic heterocycles. The van der Waals surface area contributed by atoms with Crippen molar-refractivity contribution < 1.29 is 22.7 Å². The summed E-state index contributed by atoms with van der Waals surface area (Å²) in [6, 6.07) is 6.79. The van der Waals surface area contributed by atoms with E-state index in [-0.39, 0.29) is 0 Å². The lowest BCUT2D eigenvalue weighted by atomic mass is 10.1. The van der Waals surface area contributed by atoms with Crippen LogP contribution in [0.3, 0.4) is 0 Å². The van der Waals surface area contributed by atoms with E-state index >= 15 is 0 Å². The maximum atomic E-state index is 11.8. The van der Waals surface area contributed by atoms with Crippen LogP contribution < -0.4 is 9.44 Å². The molecule has 22 heavy (non-hydrogen) atoms. The van der Waals surface area contributed by atoms with Crippen LogP contribution >= 0.6 is 0 Å². The van der Waals surface area contributed by atoms with Gasteiger partial charge in [0, 0.05) is 7.11 Å². The summed E-state index contributed by atoms with van der Waals surface area (Å²) in [5, 5.41) is 0. The minimum Gasteiger partial charge on any atom is -0.443 e. The second-order valence-electron chi connectivity index (χ2n) is 5.65. The summed E-state index contributed by atoms with van der Waals surface area (Å²) in [5.74, 6) is 0. The van der Waals surface area contributed by atoms with Gasteiger partial charge in [-0.25, -0.2) is 9.52 Å². The summed E-state index contributed by atoms with van der Waals surface area (Å²) < 4.78 is 37.5. The van der Waals surface area contributed by atoms with Gasteiger partial charge < -0.3 is 9.47 Å². The Labute approximate surface area is 131 Å². The number of methoxy groups -OCH3 is 1. The summed E-state index contributed by atoms with van der Waals surface area (Å²) in [5.41, 5.74) is 0.588. The number of anilines is 1. The Kier molecular flexibility index (Phi) is 6.19. The molecule has 0 aliphatic rings. The standard InChI is InChI=1S/C14H22N2O5S/c1-14(2,3)21-13(17)16-22(18,19)15-12-7-5-11(6-8-12)9-10-20-4/h5-8,15H,9-10H2,1-4H3,(H,16,17). The number of rotatable bonds is 6. The van der Waals surface area contributed by atoms with Gasteiger partial charge in [-0.15, -0.1) is 0 Å². The summed E-state index contributed by atoms with van der Waals surface area (Å²) in [4.78, 5) is 11.5. The third kappa shape index (κ3) is 7.28. The molecule has 7 nitrogen and oxygen atoms in total. The highest BCUT2D eigenvalue weighted by molar-refractivity contribution is 7.91. The number of ether oxygens (including phenoxy) is 2. The summed E-state index contributed by atoms with van der Waals surface area (Å²) in [7, 11) is -2.42. The lowest BCUT2D eigenvalue weighted by Crippen LogP contribution is -2.39. The number of carbonyl (C=O) groups is 1. The number of amides is 1. The van der Waals surface area contributed by atoms with E-state index in [1.54, 1.807) is 56.9 Å². The fourth-order valence-electron chi connectivity index (χ4n) is 1.55. The van der Waals surface area contributed by atoms with Crippen molar-refractivity contribution in [2.45, 2.75) is 32.8 Å². The van der Waals surface area contributed by atoms with Crippen LogP contribution in [0.1, 0.15) is 26.3 Å². The van der Waals surface area contributed by atoms with Gasteiger partial charge in [-0.05, 0) is 44.9 Å². The predicted octanol–water partition coefficient (Wildman–Crippen LogP) is 2.06. The Hall–Kier alpha value is -1.80. The third-order valence-electron chi connectivity index (χ3n) is 2.42. The van der Waals surface area contributed by atoms with Crippen LogP contribution in [0.5, 0.6) is 0 Å². The molecule has 1 aromatic rings. The molecular formula is C14H22N2O5S. The van der Waals surface area contributed by atoms with E-state index in [1.165, 1.54) is 0 Å². The van der Waals surface area contributed by atoms with Gasteiger partial charge in [0.05, 0.1) is 12.3 Å². The quantitative estimate of drug-likeness (QED) is 0.832. The van der Waals surface area contributed by atoms with Crippen LogP contribution in [-0.4, -0.2) is 33.8 Å². The molecule has 0 unspecified atom stereocenters. The molecule has 1 rings (SSSR count). The second kappa shape index (κ2) is 7.46. The zero-order valence-electron chi connectivity index (χ0n) is 13.2. The third-order valence-corrected chi connectivity index (χ3v) is 3.36. The molecule has 0 radical (unpaired) electrons. The first-order valence-corrected chi connectivity index (χ1v) is 8.21. The van der Waals surface area contributed by atoms with Gasteiger partial charge in [-0.1, -0.05) is 12.1 Å². The highest BCUT2D eigenvalue weighted by Crippen LogP contribution is 2.12. The van der Waals surface area contributed by atoms with E-state index in [0.717, 1.165) is 12.0 Å². The van der Waals surface area contributed by atoms with E-state index in [0.29, 0.717) is 12.3 Å². The van der Waals surface area contributed by atoms with E-state index in [2.05, 4.69) is 4.72 Å². The Morgan fingerprint density at radius 1 is 1.18 bits per heavy atom. The van der Waals surface area contributed by atoms with Crippen LogP contribution in [-0.2, 0) is 26.1 Å². The number of carbonyl (C=O) groups excluding carboxylic acids is 1. The highest BCUT2D eigenvalue weighted by atomic mass is 32.2. The van der Waals surface area contributed by atoms with E-state index in [9.17, 15) is 13.2 Å². The molecule has 0 aliphatic heterocycles. The topological polar surface area (TPSA) is 93.7 Å². The van der Waals surface area contributed by atoms with Crippen LogP contribution in [0.15, 0.2) is 24.3 Å². The first kappa shape index (κ1) is 18.2. The van der Waals surface area contributed by atoms with Crippen LogP contribution in [0.2, 0.25) is 0 Å². The molecule has 2 N–H and O–H groups in total. The molecule has 0 saturated heterocycles. The van der Waals surface area contributed by atoms with Crippen molar-refractivity contribution in [1.29, 1.82) is 0 Å². The SMILES string of the molecule is COCCc1ccc(NS(=O)(=O)NC(=O)OC(C)(C)C)cc1. The van der Waals surface area contributed by atoms with Gasteiger partial charge in [0.1, 0.15) is 5.60 Å². The maximum Gasteiger partial charge on any atom is 0.422 e. The van der Waals surface area contributed by atoms with Gasteiger partial charge in [0.2, 0.25) is 0 Å². The van der Waals surface area contributed by atoms with Crippen molar-refractivity contribution in [2.75, 3.05) is 18.4 Å². The average molecular weight is 330 g/mol. The fourth-order valence-corrected chi connectivity index (χ4v) is 2.31. The summed E-state index contributed by atoms with van der Waals surface area (Å²) in [6.07, 6.45) is -0.295. The number of hydrogen-bond acceptors (Lipinski definition) is 5. The van der Waals surface area contributed by atoms with Gasteiger partial charge in [-0.2, -0.15) is 8.42 Å². The highest BCUT2D eigenvalue weighted by Gasteiger charge is 2.21. The summed E-state index contributed by atoms with van der Waals surface area (Å²) >= 11 is 0. The van der Waals surface area contributed by atoms with Crippen molar-refractivity contribution in [2.24, 2.45) is 0 Å². The van der Waals surface area contributed by atoms with Crippen molar-refractivity contribution in [3.63, 3.8) is 0 Å². The smallest absolute Gasteiger partial charge is 0.422 e. The fraction of sp³-hybridized carbons (Fsp3) is 0.500. The van der Waals surface area contributed by atoms with Crippen molar-refractivity contribution in [3.05, 3.63) is 29.8 Å². The monoisotopic (exact) mass is 330 g/mol. The molecular weight excluding hydrogens is 308 g/mol. The van der Waals surface area contributed by atoms with Crippen LogP contribution in [0, 0.1) is 0 Å². The molecule has 0 fully saturated rings. The first-order valence-electron chi connectivity index (χ1n) is 6.73. The van der Waals surface area contributed by atoms with Gasteiger partial charge in [-0.3, -0.25) is 4.72 Å². The Balaban J connectivity index is 2.62. The number of hydrogen-bond donors (Lipinski definition) is 2. The minimum absolute atomic E-state index is 0.345. The van der Waals surface area contributed by atoms with E-state index < -0.39 is 21.9 Å². The summed E-state index contributed by atoms with van der Waals surface area (Å²) in [6.45, 7) is 5.52. The minimum atomic E-state index is -4.04. The van der Waals surface area contributed by atoms with Gasteiger partial charge >= 0.3 is 16.3 Å². The number of benzene rings is 1. The molecule has 0 heterocycles. The lowest BCUT2D eigenvalue weighted by molar-refractivity contribution is 0.0570. The maximum absolute atomic E-state index is 11.8. The zero-order valence-corrected chi connectivity index (χ0v) is 14.0. The molecule has 0 spiro atoms. The van der Waals surface area contributed by atoms with Crippen molar-refractivity contribution >= 4 is 22.0 Å². The molecule has 0 bridgehead atoms. The van der Waals surface area contributed by atoms with Crippen LogP contribution in [0.4, 0.5) is 10.5 Å². The first-order chi connectivity index (χ1) is 10.1. The molecule has 124 valence electrons. The number of nitrogens with one attached hydrogen (secondary N) is 2. The van der Waals surface area contributed by atoms with Gasteiger partial charge in [0.25, 0.3) is 0 Å². The van der Waals surface area contributed by atoms with Gasteiger partial charge in [0.15, 0.2) is 0 Å². The molecule has 0 saturated carbocycles. The van der Waals surface area contributed by atoms with Crippen molar-refractivity contribution in [1.82, 2.24) is 4.72 Å². The van der Waals surface area contributed by atoms with Crippen LogP contribution in [0.25, 0.3) is 0 Å². The zero-order chi connectivity index (χ0) is 16.8. The molecule has 1 aromatic carbocycles. The molecule has 1 amide bonds. The molecule has 0 atom stereocenters. The predicted molar refractivity (Wildman–Crippen MR) is 83.9 cm³/mol. The largest absolute Gasteiger partial charge is 0.443 e. The Morgan fingerprint density at radius 2 is 1.77 bits per heavy atom. The Morgan fingerprint density at radius 3 is 2.27 bits per heavy atom. The average Bonchev–Trinajstić information content (AvgIpc) is 2.34. The Bertz CT molecular complexity index is 591. The lowest BCUT2D eigenvalue weighted by Gasteiger charge is -2.19. The van der Waals surface area contributed by atoms with E-state index in [1.807, 2.05) is 0 Å². The van der Waals surface area contributed by atoms with E-state index in [4.69, 9.17) is 9.47 Å². The second-order valence-corrected chi connectivity index (χ2v) is 7.06. The normalized spacial score (nSPS) is 11.8. The van der Waals surface area contributed by atoms with Crippen molar-refractivity contribution in [3.8, 4) is 0 Å². The molecule has 8 heteroatoms. The molecule has 0 aliphatic carbocycles.